The van der Waals surface area contributed by atoms with Gasteiger partial charge >= 0.3 is 0 Å². The number of hydrogen-bond donors (Lipinski definition) is 0. The number of hydrogen-bond acceptors (Lipinski definition) is 5. The van der Waals surface area contributed by atoms with E-state index in [1.54, 1.807) is 25.1 Å². The zero-order valence-corrected chi connectivity index (χ0v) is 12.1. The molecule has 1 fully saturated rings. The van der Waals surface area contributed by atoms with Crippen molar-refractivity contribution in [3.8, 4) is 11.5 Å². The van der Waals surface area contributed by atoms with Crippen LogP contribution in [0.5, 0.6) is 11.5 Å². The molecule has 2 aliphatic rings. The number of carbonyl (C=O) groups is 2. The van der Waals surface area contributed by atoms with Crippen LogP contribution < -0.4 is 9.47 Å². The molecule has 0 bridgehead atoms. The molecule has 2 heterocycles. The Kier molecular flexibility index (Phi) is 3.35. The molecular formula is C13H10ClNO4S. The second kappa shape index (κ2) is 5.03. The van der Waals surface area contributed by atoms with Crippen LogP contribution in [0.25, 0.3) is 6.08 Å². The molecule has 0 atom stereocenters. The van der Waals surface area contributed by atoms with Crippen LogP contribution in [0, 0.1) is 0 Å². The van der Waals surface area contributed by atoms with Crippen molar-refractivity contribution < 1.29 is 19.1 Å². The van der Waals surface area contributed by atoms with Crippen LogP contribution in [0.4, 0.5) is 4.79 Å². The Bertz CT molecular complexity index is 644. The lowest BCUT2D eigenvalue weighted by Crippen LogP contribution is -2.27. The number of nitrogens with zero attached hydrogens (tertiary/aromatic N) is 1. The Morgan fingerprint density at radius 2 is 2.05 bits per heavy atom. The van der Waals surface area contributed by atoms with Crippen LogP contribution in [0.1, 0.15) is 12.5 Å². The van der Waals surface area contributed by atoms with Crippen molar-refractivity contribution in [2.45, 2.75) is 6.92 Å². The normalized spacial score (nSPS) is 19.3. The van der Waals surface area contributed by atoms with Crippen LogP contribution in [0.3, 0.4) is 0 Å². The first-order valence-electron chi connectivity index (χ1n) is 5.94. The van der Waals surface area contributed by atoms with E-state index in [-0.39, 0.29) is 17.9 Å². The van der Waals surface area contributed by atoms with Gasteiger partial charge in [-0.2, -0.15) is 0 Å². The molecule has 104 valence electrons. The van der Waals surface area contributed by atoms with E-state index in [1.165, 1.54) is 4.90 Å². The highest BCUT2D eigenvalue weighted by atomic mass is 35.5. The summed E-state index contributed by atoms with van der Waals surface area (Å²) in [7, 11) is 0. The first-order chi connectivity index (χ1) is 9.60. The number of likely N-dealkylation sites (N-methyl/N-ethyl adjacent to an activating group) is 1. The Hall–Kier alpha value is -1.66. The van der Waals surface area contributed by atoms with Crippen LogP contribution >= 0.6 is 23.4 Å². The summed E-state index contributed by atoms with van der Waals surface area (Å²) in [4.78, 5) is 25.2. The monoisotopic (exact) mass is 311 g/mol. The highest BCUT2D eigenvalue weighted by Crippen LogP contribution is 2.39. The van der Waals surface area contributed by atoms with Gasteiger partial charge in [0.1, 0.15) is 0 Å². The zero-order chi connectivity index (χ0) is 14.3. The van der Waals surface area contributed by atoms with Crippen LogP contribution in [0.2, 0.25) is 5.02 Å². The zero-order valence-electron chi connectivity index (χ0n) is 10.5. The van der Waals surface area contributed by atoms with E-state index in [0.29, 0.717) is 33.5 Å². The molecule has 0 N–H and O–H groups in total. The quantitative estimate of drug-likeness (QED) is 0.785. The highest BCUT2D eigenvalue weighted by Gasteiger charge is 2.33. The minimum absolute atomic E-state index is 0.154. The minimum Gasteiger partial charge on any atom is -0.454 e. The molecule has 0 aliphatic carbocycles. The number of amides is 2. The topological polar surface area (TPSA) is 55.8 Å². The van der Waals surface area contributed by atoms with Crippen molar-refractivity contribution in [2.75, 3.05) is 13.3 Å². The summed E-state index contributed by atoms with van der Waals surface area (Å²) in [5.41, 5.74) is 0.623. The molecule has 3 rings (SSSR count). The molecule has 5 nitrogen and oxygen atoms in total. The number of ether oxygens (including phenoxy) is 2. The van der Waals surface area contributed by atoms with E-state index in [1.807, 2.05) is 0 Å². The van der Waals surface area contributed by atoms with Gasteiger partial charge in [-0.3, -0.25) is 14.5 Å². The van der Waals surface area contributed by atoms with Gasteiger partial charge in [0.25, 0.3) is 11.1 Å². The maximum absolute atomic E-state index is 12.0. The van der Waals surface area contributed by atoms with Gasteiger partial charge in [-0.15, -0.1) is 0 Å². The average molecular weight is 312 g/mol. The highest BCUT2D eigenvalue weighted by molar-refractivity contribution is 8.18. The SMILES string of the molecule is CCN1C(=O)S/C(=C\c2cc3c(cc2Cl)OCO3)C1=O. The summed E-state index contributed by atoms with van der Waals surface area (Å²) in [5, 5.41) is 0.179. The maximum Gasteiger partial charge on any atom is 0.293 e. The summed E-state index contributed by atoms with van der Waals surface area (Å²) < 4.78 is 10.5. The maximum atomic E-state index is 12.0. The Morgan fingerprint density at radius 1 is 1.35 bits per heavy atom. The minimum atomic E-state index is -0.295. The second-order valence-corrected chi connectivity index (χ2v) is 5.55. The van der Waals surface area contributed by atoms with Gasteiger partial charge in [-0.1, -0.05) is 11.6 Å². The molecule has 0 spiro atoms. The van der Waals surface area contributed by atoms with E-state index < -0.39 is 0 Å². The molecule has 20 heavy (non-hydrogen) atoms. The van der Waals surface area contributed by atoms with Crippen LogP contribution in [0.15, 0.2) is 17.0 Å². The molecule has 1 aromatic rings. The standard InChI is InChI=1S/C13H10ClNO4S/c1-2-15-12(16)11(20-13(15)17)4-7-3-9-10(5-8(7)14)19-6-18-9/h3-5H,2,6H2,1H3/b11-4-. The van der Waals surface area contributed by atoms with Gasteiger partial charge in [0.15, 0.2) is 11.5 Å². The van der Waals surface area contributed by atoms with Crippen molar-refractivity contribution in [1.82, 2.24) is 4.90 Å². The second-order valence-electron chi connectivity index (χ2n) is 4.15. The third-order valence-corrected chi connectivity index (χ3v) is 4.20. The third-order valence-electron chi connectivity index (χ3n) is 2.97. The lowest BCUT2D eigenvalue weighted by Gasteiger charge is -2.07. The molecule has 0 aromatic heterocycles. The summed E-state index contributed by atoms with van der Waals surface area (Å²) in [5.74, 6) is 0.861. The number of carbonyl (C=O) groups excluding carboxylic acids is 2. The van der Waals surface area contributed by atoms with Crippen LogP contribution in [-0.4, -0.2) is 29.4 Å². The summed E-state index contributed by atoms with van der Waals surface area (Å²) in [6, 6.07) is 3.34. The van der Waals surface area contributed by atoms with E-state index in [0.717, 1.165) is 11.8 Å². The van der Waals surface area contributed by atoms with Crippen molar-refractivity contribution in [3.63, 3.8) is 0 Å². The summed E-state index contributed by atoms with van der Waals surface area (Å²) >= 11 is 7.05. The number of halogens is 1. The van der Waals surface area contributed by atoms with Crippen molar-refractivity contribution in [3.05, 3.63) is 27.6 Å². The van der Waals surface area contributed by atoms with E-state index in [2.05, 4.69) is 0 Å². The van der Waals surface area contributed by atoms with Crippen molar-refractivity contribution >= 4 is 40.6 Å². The fourth-order valence-corrected chi connectivity index (χ4v) is 3.06. The fraction of sp³-hybridized carbons (Fsp3) is 0.231. The van der Waals surface area contributed by atoms with E-state index >= 15 is 0 Å². The average Bonchev–Trinajstić information content (AvgIpc) is 2.95. The van der Waals surface area contributed by atoms with Gasteiger partial charge in [0.05, 0.1) is 9.93 Å². The molecule has 2 amide bonds. The van der Waals surface area contributed by atoms with Gasteiger partial charge in [0, 0.05) is 12.6 Å². The third kappa shape index (κ3) is 2.14. The van der Waals surface area contributed by atoms with Gasteiger partial charge in [0.2, 0.25) is 6.79 Å². The van der Waals surface area contributed by atoms with E-state index in [4.69, 9.17) is 21.1 Å². The van der Waals surface area contributed by atoms with Gasteiger partial charge < -0.3 is 9.47 Å². The smallest absolute Gasteiger partial charge is 0.293 e. The van der Waals surface area contributed by atoms with Gasteiger partial charge in [-0.05, 0) is 36.4 Å². The number of rotatable bonds is 2. The first kappa shape index (κ1) is 13.3. The number of thioether (sulfide) groups is 1. The van der Waals surface area contributed by atoms with Crippen LogP contribution in [-0.2, 0) is 4.79 Å². The molecule has 2 aliphatic heterocycles. The molecule has 0 unspecified atom stereocenters. The summed E-state index contributed by atoms with van der Waals surface area (Å²) in [6.07, 6.45) is 1.60. The predicted octanol–water partition coefficient (Wildman–Crippen LogP) is 3.12. The van der Waals surface area contributed by atoms with Crippen molar-refractivity contribution in [1.29, 1.82) is 0 Å². The molecule has 1 saturated heterocycles. The number of benzene rings is 1. The number of imide groups is 1. The lowest BCUT2D eigenvalue weighted by atomic mass is 10.2. The Morgan fingerprint density at radius 3 is 2.70 bits per heavy atom. The molecule has 7 heteroatoms. The largest absolute Gasteiger partial charge is 0.454 e. The van der Waals surface area contributed by atoms with E-state index in [9.17, 15) is 9.59 Å². The Balaban J connectivity index is 1.97. The first-order valence-corrected chi connectivity index (χ1v) is 7.14. The lowest BCUT2D eigenvalue weighted by molar-refractivity contribution is -0.122. The molecule has 1 aromatic carbocycles. The predicted molar refractivity (Wildman–Crippen MR) is 75.9 cm³/mol. The molecule has 0 saturated carbocycles. The van der Waals surface area contributed by atoms with Crippen molar-refractivity contribution in [2.24, 2.45) is 0 Å². The fourth-order valence-electron chi connectivity index (χ4n) is 1.96. The van der Waals surface area contributed by atoms with Gasteiger partial charge in [-0.25, -0.2) is 0 Å². The summed E-state index contributed by atoms with van der Waals surface area (Å²) in [6.45, 7) is 2.27. The number of fused-ring (bicyclic) bond motifs is 1. The molecule has 0 radical (unpaired) electrons. The molecular weight excluding hydrogens is 302 g/mol. The Labute approximate surface area is 124 Å².